The van der Waals surface area contributed by atoms with Gasteiger partial charge in [0.1, 0.15) is 24.6 Å². The number of nitrogen functional groups attached to an aromatic ring is 1. The van der Waals surface area contributed by atoms with Crippen LogP contribution in [0.2, 0.25) is 0 Å². The number of anilines is 1. The molecule has 2 aromatic rings. The van der Waals surface area contributed by atoms with Gasteiger partial charge in [-0.2, -0.15) is 5.10 Å². The van der Waals surface area contributed by atoms with E-state index in [1.54, 1.807) is 4.52 Å². The average molecular weight is 373 g/mol. The predicted octanol–water partition coefficient (Wildman–Crippen LogP) is 2.93. The van der Waals surface area contributed by atoms with Crippen LogP contribution in [0.1, 0.15) is 56.7 Å². The van der Waals surface area contributed by atoms with E-state index in [4.69, 9.17) is 15.2 Å². The van der Waals surface area contributed by atoms with Gasteiger partial charge in [0.15, 0.2) is 5.82 Å². The third-order valence-electron chi connectivity index (χ3n) is 5.46. The molecule has 0 saturated carbocycles. The zero-order valence-corrected chi connectivity index (χ0v) is 15.5. The summed E-state index contributed by atoms with van der Waals surface area (Å²) in [6.45, 7) is 1.89. The Labute approximate surface area is 158 Å². The van der Waals surface area contributed by atoms with Gasteiger partial charge in [-0.25, -0.2) is 14.3 Å². The second kappa shape index (κ2) is 8.12. The van der Waals surface area contributed by atoms with Crippen molar-refractivity contribution in [2.24, 2.45) is 0 Å². The number of amides is 1. The molecule has 2 aliphatic heterocycles. The quantitative estimate of drug-likeness (QED) is 0.889. The molecule has 2 saturated heterocycles. The number of hydrogen-bond donors (Lipinski definition) is 1. The number of rotatable bonds is 3. The zero-order chi connectivity index (χ0) is 18.6. The number of aromatic nitrogens is 3. The number of carbonyl (C=O) groups excluding carboxylic acids is 1. The highest BCUT2D eigenvalue weighted by atomic mass is 16.6. The zero-order valence-electron chi connectivity index (χ0n) is 15.5. The Morgan fingerprint density at radius 3 is 2.78 bits per heavy atom. The molecule has 0 bridgehead atoms. The van der Waals surface area contributed by atoms with Crippen molar-refractivity contribution in [3.05, 3.63) is 24.2 Å². The third kappa shape index (κ3) is 4.00. The predicted molar refractivity (Wildman–Crippen MR) is 100 cm³/mol. The van der Waals surface area contributed by atoms with Crippen LogP contribution < -0.4 is 5.73 Å². The maximum atomic E-state index is 12.4. The molecule has 2 N–H and O–H groups in total. The van der Waals surface area contributed by atoms with Gasteiger partial charge in [-0.1, -0.05) is 19.3 Å². The molecule has 2 aliphatic rings. The largest absolute Gasteiger partial charge is 0.447 e. The van der Waals surface area contributed by atoms with Crippen LogP contribution in [0.15, 0.2) is 18.5 Å². The van der Waals surface area contributed by atoms with Crippen molar-refractivity contribution in [1.82, 2.24) is 19.5 Å². The fourth-order valence-corrected chi connectivity index (χ4v) is 3.95. The summed E-state index contributed by atoms with van der Waals surface area (Å²) in [6, 6.07) is 3.88. The number of nitrogens with zero attached hydrogens (tertiary/aromatic N) is 4. The topological polar surface area (TPSA) is 95.0 Å². The molecule has 0 spiro atoms. The number of ether oxygens (including phenoxy) is 2. The minimum absolute atomic E-state index is 0.0767. The van der Waals surface area contributed by atoms with Crippen LogP contribution in [-0.2, 0) is 9.47 Å². The van der Waals surface area contributed by atoms with Crippen LogP contribution in [-0.4, -0.2) is 51.4 Å². The molecule has 2 aromatic heterocycles. The molecule has 146 valence electrons. The molecular weight excluding hydrogens is 346 g/mol. The number of fused-ring (bicyclic) bond motifs is 1. The maximum Gasteiger partial charge on any atom is 0.409 e. The van der Waals surface area contributed by atoms with Crippen LogP contribution >= 0.6 is 0 Å². The summed E-state index contributed by atoms with van der Waals surface area (Å²) in [4.78, 5) is 18.2. The van der Waals surface area contributed by atoms with Crippen LogP contribution in [0.25, 0.3) is 5.52 Å². The van der Waals surface area contributed by atoms with E-state index in [9.17, 15) is 4.79 Å². The first-order valence-electron chi connectivity index (χ1n) is 9.87. The molecule has 0 aliphatic carbocycles. The summed E-state index contributed by atoms with van der Waals surface area (Å²) in [5.41, 5.74) is 7.63. The van der Waals surface area contributed by atoms with Gasteiger partial charge in [0.2, 0.25) is 0 Å². The number of nitrogens with two attached hydrogens (primary N) is 1. The molecule has 1 amide bonds. The van der Waals surface area contributed by atoms with Gasteiger partial charge in [-0.3, -0.25) is 0 Å². The maximum absolute atomic E-state index is 12.4. The molecule has 2 unspecified atom stereocenters. The van der Waals surface area contributed by atoms with E-state index in [1.165, 1.54) is 25.6 Å². The summed E-state index contributed by atoms with van der Waals surface area (Å²) in [5.74, 6) is 0.452. The lowest BCUT2D eigenvalue weighted by Crippen LogP contribution is -2.35. The first kappa shape index (κ1) is 18.0. The van der Waals surface area contributed by atoms with E-state index in [-0.39, 0.29) is 18.3 Å². The summed E-state index contributed by atoms with van der Waals surface area (Å²) in [7, 11) is 0. The highest BCUT2D eigenvalue weighted by molar-refractivity contribution is 5.67. The first-order chi connectivity index (χ1) is 13.2. The van der Waals surface area contributed by atoms with Crippen LogP contribution in [0.4, 0.5) is 10.6 Å². The van der Waals surface area contributed by atoms with E-state index in [0.717, 1.165) is 50.0 Å². The Bertz CT molecular complexity index is 785. The highest BCUT2D eigenvalue weighted by Gasteiger charge is 2.30. The minimum atomic E-state index is -0.211. The molecule has 8 heteroatoms. The summed E-state index contributed by atoms with van der Waals surface area (Å²) in [5, 5.41) is 4.28. The smallest absolute Gasteiger partial charge is 0.409 e. The number of likely N-dealkylation sites (tertiary alicyclic amines) is 1. The molecular formula is C19H27N5O3. The summed E-state index contributed by atoms with van der Waals surface area (Å²) in [6.07, 6.45) is 8.56. The summed E-state index contributed by atoms with van der Waals surface area (Å²) >= 11 is 0. The Hall–Kier alpha value is -2.35. The van der Waals surface area contributed by atoms with Gasteiger partial charge in [-0.15, -0.1) is 0 Å². The standard InChI is InChI=1S/C19H27N5O3/c20-18-16-8-7-15(24(16)22-13-21-18)17-9-6-14(27-17)12-26-19(25)23-10-4-2-1-3-5-11-23/h7-8,13-14,17H,1-6,9-12H2,(H2,20,21,22). The van der Waals surface area contributed by atoms with Crippen molar-refractivity contribution in [2.75, 3.05) is 25.4 Å². The molecule has 2 atom stereocenters. The highest BCUT2D eigenvalue weighted by Crippen LogP contribution is 2.34. The van der Waals surface area contributed by atoms with E-state index in [0.29, 0.717) is 12.4 Å². The minimum Gasteiger partial charge on any atom is -0.447 e. The van der Waals surface area contributed by atoms with Gasteiger partial charge >= 0.3 is 6.09 Å². The van der Waals surface area contributed by atoms with E-state index >= 15 is 0 Å². The van der Waals surface area contributed by atoms with Gasteiger partial charge in [-0.05, 0) is 37.8 Å². The molecule has 4 rings (SSSR count). The lowest BCUT2D eigenvalue weighted by Gasteiger charge is -2.24. The van der Waals surface area contributed by atoms with Crippen molar-refractivity contribution >= 4 is 17.4 Å². The van der Waals surface area contributed by atoms with Crippen LogP contribution in [0, 0.1) is 0 Å². The first-order valence-corrected chi connectivity index (χ1v) is 9.87. The lowest BCUT2D eigenvalue weighted by molar-refractivity contribution is -0.00557. The number of hydrogen-bond acceptors (Lipinski definition) is 6. The van der Waals surface area contributed by atoms with Crippen molar-refractivity contribution in [3.8, 4) is 0 Å². The van der Waals surface area contributed by atoms with Gasteiger partial charge < -0.3 is 20.1 Å². The van der Waals surface area contributed by atoms with Crippen molar-refractivity contribution in [3.63, 3.8) is 0 Å². The molecule has 2 fully saturated rings. The lowest BCUT2D eigenvalue weighted by atomic mass is 10.1. The van der Waals surface area contributed by atoms with Crippen LogP contribution in [0.3, 0.4) is 0 Å². The summed E-state index contributed by atoms with van der Waals surface area (Å²) < 4.78 is 13.4. The normalized spacial score (nSPS) is 23.9. The van der Waals surface area contributed by atoms with Crippen molar-refractivity contribution in [2.45, 2.75) is 57.2 Å². The SMILES string of the molecule is Nc1ncnn2c(C3CCC(COC(=O)N4CCCCCCC4)O3)ccc12. The molecule has 27 heavy (non-hydrogen) atoms. The Kier molecular flexibility index (Phi) is 5.42. The second-order valence-corrected chi connectivity index (χ2v) is 7.36. The van der Waals surface area contributed by atoms with E-state index in [1.807, 2.05) is 17.0 Å². The monoisotopic (exact) mass is 373 g/mol. The third-order valence-corrected chi connectivity index (χ3v) is 5.46. The Morgan fingerprint density at radius 1 is 1.19 bits per heavy atom. The van der Waals surface area contributed by atoms with Gasteiger partial charge in [0.25, 0.3) is 0 Å². The molecule has 0 aromatic carbocycles. The van der Waals surface area contributed by atoms with Crippen molar-refractivity contribution < 1.29 is 14.3 Å². The van der Waals surface area contributed by atoms with Gasteiger partial charge in [0.05, 0.1) is 11.8 Å². The van der Waals surface area contributed by atoms with Gasteiger partial charge in [0, 0.05) is 13.1 Å². The fraction of sp³-hybridized carbons (Fsp3) is 0.632. The molecule has 4 heterocycles. The number of carbonyl (C=O) groups is 1. The van der Waals surface area contributed by atoms with E-state index < -0.39 is 0 Å². The average Bonchev–Trinajstić information content (AvgIpc) is 3.26. The molecule has 0 radical (unpaired) electrons. The Morgan fingerprint density at radius 2 is 1.96 bits per heavy atom. The van der Waals surface area contributed by atoms with E-state index in [2.05, 4.69) is 10.1 Å². The molecule has 8 nitrogen and oxygen atoms in total. The fourth-order valence-electron chi connectivity index (χ4n) is 3.95. The Balaban J connectivity index is 1.31. The van der Waals surface area contributed by atoms with Crippen LogP contribution in [0.5, 0.6) is 0 Å². The van der Waals surface area contributed by atoms with Crippen molar-refractivity contribution in [1.29, 1.82) is 0 Å². The second-order valence-electron chi connectivity index (χ2n) is 7.36.